The molecule has 0 amide bonds. The summed E-state index contributed by atoms with van der Waals surface area (Å²) in [4.78, 5) is 11.3. The molecular weight excluding hydrogens is 296 g/mol. The normalized spacial score (nSPS) is 33.5. The first kappa shape index (κ1) is 19.3. The minimum Gasteiger partial charge on any atom is -0.457 e. The van der Waals surface area contributed by atoms with E-state index in [1.165, 1.54) is 35.4 Å². The van der Waals surface area contributed by atoms with Crippen LogP contribution in [0.2, 0.25) is 0 Å². The molecule has 1 unspecified atom stereocenters. The lowest BCUT2D eigenvalue weighted by molar-refractivity contribution is -0.317. The predicted octanol–water partition coefficient (Wildman–Crippen LogP) is -0.0192. The second-order valence-electron chi connectivity index (χ2n) is 4.91. The van der Waals surface area contributed by atoms with Gasteiger partial charge >= 0.3 is 5.97 Å². The second-order valence-corrected chi connectivity index (χ2v) is 4.91. The van der Waals surface area contributed by atoms with Crippen molar-refractivity contribution in [2.24, 2.45) is 0 Å². The van der Waals surface area contributed by atoms with Crippen LogP contribution in [0.4, 0.5) is 0 Å². The molecular formula is C14H26O8. The molecule has 1 aliphatic heterocycles. The molecule has 0 aromatic rings. The average Bonchev–Trinajstić information content (AvgIpc) is 2.51. The fraction of sp³-hybridized carbons (Fsp3) is 0.929. The number of methoxy groups -OCH3 is 5. The van der Waals surface area contributed by atoms with Crippen LogP contribution in [0.3, 0.4) is 0 Å². The van der Waals surface area contributed by atoms with Crippen LogP contribution < -0.4 is 0 Å². The molecule has 0 aliphatic carbocycles. The molecule has 0 spiro atoms. The molecule has 8 nitrogen and oxygen atoms in total. The van der Waals surface area contributed by atoms with Crippen LogP contribution in [0.1, 0.15) is 6.92 Å². The Hall–Kier alpha value is -0.770. The van der Waals surface area contributed by atoms with E-state index in [2.05, 4.69) is 0 Å². The SMILES string of the molecule is COC[C@@H](OC(C)=O)[C@H]1OC(OC)[C@H](OC)[C@@H](OC)[C@@H]1OC. The molecule has 0 saturated carbocycles. The van der Waals surface area contributed by atoms with Gasteiger partial charge in [0.2, 0.25) is 0 Å². The lowest BCUT2D eigenvalue weighted by Crippen LogP contribution is -2.63. The summed E-state index contributed by atoms with van der Waals surface area (Å²) in [5.74, 6) is -0.433. The van der Waals surface area contributed by atoms with Gasteiger partial charge in [-0.1, -0.05) is 0 Å². The third-order valence-electron chi connectivity index (χ3n) is 3.59. The second kappa shape index (κ2) is 9.39. The smallest absolute Gasteiger partial charge is 0.303 e. The zero-order valence-corrected chi connectivity index (χ0v) is 13.9. The Balaban J connectivity index is 3.05. The average molecular weight is 322 g/mol. The van der Waals surface area contributed by atoms with Crippen LogP contribution in [0.25, 0.3) is 0 Å². The molecule has 130 valence electrons. The summed E-state index contributed by atoms with van der Waals surface area (Å²) in [5.41, 5.74) is 0. The predicted molar refractivity (Wildman–Crippen MR) is 75.5 cm³/mol. The highest BCUT2D eigenvalue weighted by molar-refractivity contribution is 5.66. The number of hydrogen-bond acceptors (Lipinski definition) is 8. The van der Waals surface area contributed by atoms with Gasteiger partial charge < -0.3 is 33.2 Å². The minimum absolute atomic E-state index is 0.161. The largest absolute Gasteiger partial charge is 0.457 e. The first-order valence-electron chi connectivity index (χ1n) is 6.96. The lowest BCUT2D eigenvalue weighted by atomic mass is 9.94. The van der Waals surface area contributed by atoms with Gasteiger partial charge in [-0.15, -0.1) is 0 Å². The number of esters is 1. The highest BCUT2D eigenvalue weighted by atomic mass is 16.7. The molecule has 1 saturated heterocycles. The van der Waals surface area contributed by atoms with Gasteiger partial charge in [0.05, 0.1) is 6.61 Å². The Morgan fingerprint density at radius 1 is 0.955 bits per heavy atom. The first-order valence-corrected chi connectivity index (χ1v) is 6.96. The Kier molecular flexibility index (Phi) is 8.23. The number of rotatable bonds is 8. The van der Waals surface area contributed by atoms with Crippen LogP contribution in [-0.2, 0) is 38.0 Å². The number of ether oxygens (including phenoxy) is 7. The van der Waals surface area contributed by atoms with Crippen LogP contribution >= 0.6 is 0 Å². The van der Waals surface area contributed by atoms with E-state index >= 15 is 0 Å². The van der Waals surface area contributed by atoms with Gasteiger partial charge in [0.1, 0.15) is 24.4 Å². The van der Waals surface area contributed by atoms with Crippen molar-refractivity contribution >= 4 is 5.97 Å². The van der Waals surface area contributed by atoms with Crippen LogP contribution in [0.15, 0.2) is 0 Å². The van der Waals surface area contributed by atoms with Crippen molar-refractivity contribution < 1.29 is 38.0 Å². The molecule has 0 aromatic heterocycles. The van der Waals surface area contributed by atoms with Crippen molar-refractivity contribution in [3.8, 4) is 0 Å². The van der Waals surface area contributed by atoms with E-state index in [4.69, 9.17) is 33.2 Å². The van der Waals surface area contributed by atoms with E-state index in [0.29, 0.717) is 0 Å². The fourth-order valence-corrected chi connectivity index (χ4v) is 2.68. The van der Waals surface area contributed by atoms with Crippen molar-refractivity contribution in [3.05, 3.63) is 0 Å². The molecule has 8 heteroatoms. The summed E-state index contributed by atoms with van der Waals surface area (Å²) in [6.45, 7) is 1.49. The van der Waals surface area contributed by atoms with Crippen molar-refractivity contribution in [1.82, 2.24) is 0 Å². The number of hydrogen-bond donors (Lipinski definition) is 0. The monoisotopic (exact) mass is 322 g/mol. The van der Waals surface area contributed by atoms with Crippen molar-refractivity contribution in [2.45, 2.75) is 43.7 Å². The summed E-state index contributed by atoms with van der Waals surface area (Å²) >= 11 is 0. The van der Waals surface area contributed by atoms with Crippen LogP contribution in [-0.4, -0.2) is 84.9 Å². The zero-order chi connectivity index (χ0) is 16.7. The molecule has 22 heavy (non-hydrogen) atoms. The molecule has 1 fully saturated rings. The Labute approximate surface area is 130 Å². The minimum atomic E-state index is -0.679. The first-order chi connectivity index (χ1) is 10.5. The molecule has 0 radical (unpaired) electrons. The third-order valence-corrected chi connectivity index (χ3v) is 3.59. The van der Waals surface area contributed by atoms with E-state index in [-0.39, 0.29) is 6.61 Å². The summed E-state index contributed by atoms with van der Waals surface area (Å²) < 4.78 is 38.0. The molecule has 6 atom stereocenters. The summed E-state index contributed by atoms with van der Waals surface area (Å²) in [5, 5.41) is 0. The van der Waals surface area contributed by atoms with Gasteiger partial charge in [0.25, 0.3) is 0 Å². The highest BCUT2D eigenvalue weighted by Crippen LogP contribution is 2.30. The number of carbonyl (C=O) groups is 1. The zero-order valence-electron chi connectivity index (χ0n) is 13.9. The van der Waals surface area contributed by atoms with Gasteiger partial charge in [-0.3, -0.25) is 4.79 Å². The van der Waals surface area contributed by atoms with Crippen LogP contribution in [0.5, 0.6) is 0 Å². The number of carbonyl (C=O) groups excluding carboxylic acids is 1. The van der Waals surface area contributed by atoms with Gasteiger partial charge in [-0.05, 0) is 0 Å². The van der Waals surface area contributed by atoms with Gasteiger partial charge in [-0.25, -0.2) is 0 Å². The molecule has 0 N–H and O–H groups in total. The molecule has 0 bridgehead atoms. The van der Waals surface area contributed by atoms with E-state index in [1.807, 2.05) is 0 Å². The maximum atomic E-state index is 11.3. The van der Waals surface area contributed by atoms with E-state index in [0.717, 1.165) is 0 Å². The molecule has 1 aliphatic rings. The van der Waals surface area contributed by atoms with E-state index in [9.17, 15) is 4.79 Å². The summed E-state index contributed by atoms with van der Waals surface area (Å²) in [6.07, 6.45) is -3.39. The highest BCUT2D eigenvalue weighted by Gasteiger charge is 2.50. The fourth-order valence-electron chi connectivity index (χ4n) is 2.68. The summed E-state index contributed by atoms with van der Waals surface area (Å²) in [6, 6.07) is 0. The third kappa shape index (κ3) is 4.37. The molecule has 1 heterocycles. The lowest BCUT2D eigenvalue weighted by Gasteiger charge is -2.46. The standard InChI is InChI=1S/C14H26O8/c1-8(15)21-9(7-16-2)10-11(17-3)12(18-4)13(19-5)14(20-6)22-10/h9-14H,7H2,1-6H3/t9-,10-,11-,12+,13-,14?/m1/s1. The summed E-state index contributed by atoms with van der Waals surface area (Å²) in [7, 11) is 7.64. The van der Waals surface area contributed by atoms with E-state index in [1.54, 1.807) is 7.11 Å². The van der Waals surface area contributed by atoms with Crippen molar-refractivity contribution in [1.29, 1.82) is 0 Å². The molecule has 1 rings (SSSR count). The van der Waals surface area contributed by atoms with Gasteiger partial charge in [0.15, 0.2) is 12.4 Å². The van der Waals surface area contributed by atoms with Gasteiger partial charge in [0, 0.05) is 42.5 Å². The van der Waals surface area contributed by atoms with Crippen molar-refractivity contribution in [2.75, 3.05) is 42.2 Å². The maximum Gasteiger partial charge on any atom is 0.303 e. The molecule has 0 aromatic carbocycles. The van der Waals surface area contributed by atoms with Crippen molar-refractivity contribution in [3.63, 3.8) is 0 Å². The van der Waals surface area contributed by atoms with Crippen LogP contribution in [0, 0.1) is 0 Å². The Bertz CT molecular complexity index is 337. The Morgan fingerprint density at radius 2 is 1.55 bits per heavy atom. The topological polar surface area (TPSA) is 81.7 Å². The van der Waals surface area contributed by atoms with E-state index < -0.39 is 42.8 Å². The van der Waals surface area contributed by atoms with Gasteiger partial charge in [-0.2, -0.15) is 0 Å². The Morgan fingerprint density at radius 3 is 1.95 bits per heavy atom. The maximum absolute atomic E-state index is 11.3. The quantitative estimate of drug-likeness (QED) is 0.577.